The molecule has 2 unspecified atom stereocenters. The molecule has 0 saturated carbocycles. The molecule has 2 atom stereocenters. The summed E-state index contributed by atoms with van der Waals surface area (Å²) in [7, 11) is 4.47. The van der Waals surface area contributed by atoms with Crippen molar-refractivity contribution in [3.63, 3.8) is 0 Å². The van der Waals surface area contributed by atoms with Crippen LogP contribution < -0.4 is 20.1 Å². The number of hydrogen-bond donors (Lipinski definition) is 2. The van der Waals surface area contributed by atoms with E-state index < -0.39 is 28.9 Å². The maximum atomic E-state index is 13.3. The third kappa shape index (κ3) is 6.41. The van der Waals surface area contributed by atoms with Crippen LogP contribution >= 0.6 is 11.8 Å². The third-order valence-corrected chi connectivity index (χ3v) is 8.04. The summed E-state index contributed by atoms with van der Waals surface area (Å²) in [5.41, 5.74) is 1.30. The molecule has 43 heavy (non-hydrogen) atoms. The number of amides is 3. The number of nitriles is 1. The van der Waals surface area contributed by atoms with Gasteiger partial charge >= 0.3 is 12.0 Å². The van der Waals surface area contributed by atoms with Gasteiger partial charge in [0.25, 0.3) is 5.69 Å². The molecule has 0 fully saturated rings. The molecule has 2 aromatic rings. The number of thioether (sulfide) groups is 1. The van der Waals surface area contributed by atoms with Crippen LogP contribution in [0.3, 0.4) is 0 Å². The third-order valence-electron chi connectivity index (χ3n) is 7.01. The molecule has 14 heteroatoms. The number of allylic oxidation sites excluding steroid dienone is 1. The zero-order valence-corrected chi connectivity index (χ0v) is 24.6. The Morgan fingerprint density at radius 3 is 2.63 bits per heavy atom. The molecule has 0 aliphatic carbocycles. The van der Waals surface area contributed by atoms with Crippen molar-refractivity contribution in [2.75, 3.05) is 33.6 Å². The molecule has 13 nitrogen and oxygen atoms in total. The van der Waals surface area contributed by atoms with Crippen molar-refractivity contribution in [1.82, 2.24) is 15.5 Å². The number of nitrogens with one attached hydrogen (secondary N) is 2. The van der Waals surface area contributed by atoms with Crippen LogP contribution in [0.1, 0.15) is 36.4 Å². The average molecular weight is 608 g/mol. The largest absolute Gasteiger partial charge is 0.497 e. The summed E-state index contributed by atoms with van der Waals surface area (Å²) < 4.78 is 16.2. The van der Waals surface area contributed by atoms with Crippen molar-refractivity contribution in [2.45, 2.75) is 25.3 Å². The molecule has 0 aromatic heterocycles. The van der Waals surface area contributed by atoms with E-state index in [2.05, 4.69) is 16.7 Å². The molecule has 0 spiro atoms. The Labute approximate surface area is 251 Å². The molecule has 2 aromatic carbocycles. The van der Waals surface area contributed by atoms with Crippen molar-refractivity contribution in [3.8, 4) is 17.6 Å². The fraction of sp³-hybridized carbons (Fsp3) is 0.310. The van der Waals surface area contributed by atoms with Crippen LogP contribution in [0, 0.1) is 21.4 Å². The first-order chi connectivity index (χ1) is 20.6. The standard InChI is InChI=1S/C29H29N5O8S/c1-5-42-28(36)25-22(33(2)29(37)32-26(25)16-7-6-8-17(11-16)34(38)39)15-43-27-21(14-30)19(13-24(35)31-27)20-12-18(40-3)9-10-23(20)41-4/h6-12,19,26H,5,13,15H2,1-4H3,(H,31,35)(H,32,37). The lowest BCUT2D eigenvalue weighted by Crippen LogP contribution is -2.47. The second kappa shape index (κ2) is 13.3. The number of carbonyl (C=O) groups is 3. The van der Waals surface area contributed by atoms with Gasteiger partial charge in [-0.15, -0.1) is 11.8 Å². The number of nitrogens with zero attached hydrogens (tertiary/aromatic N) is 3. The van der Waals surface area contributed by atoms with E-state index >= 15 is 0 Å². The number of ether oxygens (including phenoxy) is 3. The van der Waals surface area contributed by atoms with Crippen LogP contribution in [0.25, 0.3) is 0 Å². The van der Waals surface area contributed by atoms with E-state index in [0.29, 0.717) is 22.6 Å². The zero-order chi connectivity index (χ0) is 31.3. The Balaban J connectivity index is 1.79. The molecule has 224 valence electrons. The Morgan fingerprint density at radius 2 is 1.98 bits per heavy atom. The highest BCUT2D eigenvalue weighted by molar-refractivity contribution is 8.03. The Bertz CT molecular complexity index is 1580. The number of benzene rings is 2. The smallest absolute Gasteiger partial charge is 0.338 e. The van der Waals surface area contributed by atoms with Gasteiger partial charge in [-0.2, -0.15) is 5.26 Å². The van der Waals surface area contributed by atoms with Crippen molar-refractivity contribution >= 4 is 35.4 Å². The molecule has 0 saturated heterocycles. The van der Waals surface area contributed by atoms with Crippen molar-refractivity contribution < 1.29 is 33.5 Å². The maximum Gasteiger partial charge on any atom is 0.338 e. The van der Waals surface area contributed by atoms with Crippen LogP contribution in [-0.4, -0.2) is 61.4 Å². The van der Waals surface area contributed by atoms with Crippen LogP contribution in [0.5, 0.6) is 11.5 Å². The molecule has 0 radical (unpaired) electrons. The van der Waals surface area contributed by atoms with Crippen LogP contribution in [0.4, 0.5) is 10.5 Å². The number of rotatable bonds is 10. The van der Waals surface area contributed by atoms with E-state index in [1.807, 2.05) is 0 Å². The van der Waals surface area contributed by atoms with E-state index in [1.54, 1.807) is 31.2 Å². The van der Waals surface area contributed by atoms with E-state index in [1.165, 1.54) is 44.4 Å². The van der Waals surface area contributed by atoms with E-state index in [4.69, 9.17) is 14.2 Å². The maximum absolute atomic E-state index is 13.3. The summed E-state index contributed by atoms with van der Waals surface area (Å²) in [6, 6.07) is 11.3. The average Bonchev–Trinajstić information content (AvgIpc) is 3.00. The number of nitro benzene ring substituents is 1. The molecule has 2 aliphatic heterocycles. The molecular formula is C29H29N5O8S. The number of esters is 1. The molecule has 0 bridgehead atoms. The zero-order valence-electron chi connectivity index (χ0n) is 23.8. The van der Waals surface area contributed by atoms with Crippen molar-refractivity contribution in [2.24, 2.45) is 0 Å². The second-order valence-electron chi connectivity index (χ2n) is 9.43. The highest BCUT2D eigenvalue weighted by Crippen LogP contribution is 2.42. The van der Waals surface area contributed by atoms with Crippen LogP contribution in [-0.2, 0) is 14.3 Å². The minimum atomic E-state index is -1.04. The minimum Gasteiger partial charge on any atom is -0.497 e. The number of urea groups is 1. The van der Waals surface area contributed by atoms with Gasteiger partial charge in [-0.1, -0.05) is 12.1 Å². The van der Waals surface area contributed by atoms with Crippen molar-refractivity contribution in [1.29, 1.82) is 5.26 Å². The minimum absolute atomic E-state index is 0.00950. The number of nitro groups is 1. The Kier molecular flexibility index (Phi) is 9.56. The number of carbonyl (C=O) groups excluding carboxylic acids is 3. The molecule has 3 amide bonds. The molecule has 2 N–H and O–H groups in total. The lowest BCUT2D eigenvalue weighted by Gasteiger charge is -2.35. The summed E-state index contributed by atoms with van der Waals surface area (Å²) in [6.45, 7) is 1.68. The molecule has 4 rings (SSSR count). The summed E-state index contributed by atoms with van der Waals surface area (Å²) in [5.74, 6) is -0.711. The highest BCUT2D eigenvalue weighted by atomic mass is 32.2. The molecular weight excluding hydrogens is 578 g/mol. The Hall–Kier alpha value is -5.03. The highest BCUT2D eigenvalue weighted by Gasteiger charge is 2.38. The van der Waals surface area contributed by atoms with Crippen molar-refractivity contribution in [3.05, 3.63) is 85.6 Å². The van der Waals surface area contributed by atoms with E-state index in [0.717, 1.165) is 11.8 Å². The van der Waals surface area contributed by atoms with Gasteiger partial charge in [0.15, 0.2) is 0 Å². The van der Waals surface area contributed by atoms with Gasteiger partial charge in [0.05, 0.1) is 54.0 Å². The first-order valence-corrected chi connectivity index (χ1v) is 14.1. The van der Waals surface area contributed by atoms with Crippen LogP contribution in [0.15, 0.2) is 64.3 Å². The van der Waals surface area contributed by atoms with E-state index in [9.17, 15) is 29.8 Å². The fourth-order valence-electron chi connectivity index (χ4n) is 4.90. The SMILES string of the molecule is CCOC(=O)C1=C(CSC2=C(C#N)C(c3cc(OC)ccc3OC)CC(=O)N2)N(C)C(=O)NC1c1cccc([N+](=O)[O-])c1. The van der Waals surface area contributed by atoms with E-state index in [-0.39, 0.29) is 52.2 Å². The van der Waals surface area contributed by atoms with Gasteiger partial charge < -0.3 is 24.8 Å². The van der Waals surface area contributed by atoms with Gasteiger partial charge in [0, 0.05) is 48.5 Å². The summed E-state index contributed by atoms with van der Waals surface area (Å²) >= 11 is 1.07. The lowest BCUT2D eigenvalue weighted by molar-refractivity contribution is -0.384. The molecule has 2 heterocycles. The number of methoxy groups -OCH3 is 2. The monoisotopic (exact) mass is 607 g/mol. The lowest BCUT2D eigenvalue weighted by atomic mass is 9.86. The quantitative estimate of drug-likeness (QED) is 0.229. The number of hydrogen-bond acceptors (Lipinski definition) is 10. The topological polar surface area (TPSA) is 173 Å². The summed E-state index contributed by atoms with van der Waals surface area (Å²) in [5, 5.41) is 27.4. The predicted octanol–water partition coefficient (Wildman–Crippen LogP) is 3.90. The number of non-ortho nitro benzene ring substituents is 1. The fourth-order valence-corrected chi connectivity index (χ4v) is 6.06. The normalized spacial score (nSPS) is 18.4. The second-order valence-corrected chi connectivity index (χ2v) is 10.4. The van der Waals surface area contributed by atoms with Gasteiger partial charge in [-0.3, -0.25) is 19.8 Å². The first-order valence-electron chi connectivity index (χ1n) is 13.1. The first kappa shape index (κ1) is 30.9. The van der Waals surface area contributed by atoms with Crippen LogP contribution in [0.2, 0.25) is 0 Å². The van der Waals surface area contributed by atoms with Gasteiger partial charge in [-0.05, 0) is 30.7 Å². The summed E-state index contributed by atoms with van der Waals surface area (Å²) in [6.07, 6.45) is -0.00950. The summed E-state index contributed by atoms with van der Waals surface area (Å²) in [4.78, 5) is 51.3. The predicted molar refractivity (Wildman–Crippen MR) is 156 cm³/mol. The molecule has 2 aliphatic rings. The van der Waals surface area contributed by atoms with Gasteiger partial charge in [0.1, 0.15) is 11.5 Å². The van der Waals surface area contributed by atoms with Gasteiger partial charge in [0.2, 0.25) is 5.91 Å². The Morgan fingerprint density at radius 1 is 1.21 bits per heavy atom. The van der Waals surface area contributed by atoms with Gasteiger partial charge in [-0.25, -0.2) is 9.59 Å².